The zero-order valence-corrected chi connectivity index (χ0v) is 10.7. The Morgan fingerprint density at radius 3 is 2.18 bits per heavy atom. The lowest BCUT2D eigenvalue weighted by molar-refractivity contribution is 0.368. The van der Waals surface area contributed by atoms with E-state index in [1.54, 1.807) is 26.4 Å². The van der Waals surface area contributed by atoms with Gasteiger partial charge in [-0.15, -0.1) is 0 Å². The maximum absolute atomic E-state index is 9.54. The van der Waals surface area contributed by atoms with E-state index < -0.39 is 0 Å². The van der Waals surface area contributed by atoms with Crippen LogP contribution in [0.15, 0.2) is 12.1 Å². The second kappa shape index (κ2) is 6.35. The number of phenolic OH excluding ortho intramolecular Hbond substituents is 1. The molecule has 96 valence electrons. The van der Waals surface area contributed by atoms with E-state index in [1.165, 1.54) is 0 Å². The number of rotatable bonds is 6. The van der Waals surface area contributed by atoms with Crippen LogP contribution in [0.3, 0.4) is 0 Å². The van der Waals surface area contributed by atoms with E-state index >= 15 is 0 Å². The number of benzene rings is 1. The summed E-state index contributed by atoms with van der Waals surface area (Å²) in [6, 6.07) is 2.98. The van der Waals surface area contributed by atoms with Gasteiger partial charge in [0.1, 0.15) is 17.2 Å². The van der Waals surface area contributed by atoms with Crippen molar-refractivity contribution in [3.8, 4) is 17.2 Å². The fraction of sp³-hybridized carbons (Fsp3) is 0.538. The van der Waals surface area contributed by atoms with E-state index in [0.717, 1.165) is 24.8 Å². The third kappa shape index (κ3) is 3.27. The molecule has 0 aliphatic carbocycles. The Bertz CT molecular complexity index is 341. The highest BCUT2D eigenvalue weighted by atomic mass is 16.5. The van der Waals surface area contributed by atoms with Crippen molar-refractivity contribution in [2.45, 2.75) is 32.2 Å². The van der Waals surface area contributed by atoms with Crippen molar-refractivity contribution in [1.82, 2.24) is 0 Å². The minimum absolute atomic E-state index is 0.116. The zero-order valence-electron chi connectivity index (χ0n) is 10.7. The summed E-state index contributed by atoms with van der Waals surface area (Å²) < 4.78 is 10.5. The highest BCUT2D eigenvalue weighted by molar-refractivity contribution is 5.51. The Hall–Kier alpha value is -1.42. The van der Waals surface area contributed by atoms with E-state index in [-0.39, 0.29) is 11.8 Å². The third-order valence-corrected chi connectivity index (χ3v) is 2.77. The highest BCUT2D eigenvalue weighted by Gasteiger charge is 2.18. The fourth-order valence-electron chi connectivity index (χ4n) is 1.86. The largest absolute Gasteiger partial charge is 0.508 e. The number of aromatic hydroxyl groups is 1. The SMILES string of the molecule is CCCC[C@@H](N)c1c(OC)cc(O)cc1OC. The van der Waals surface area contributed by atoms with Crippen molar-refractivity contribution in [2.75, 3.05) is 14.2 Å². The first-order valence-corrected chi connectivity index (χ1v) is 5.84. The summed E-state index contributed by atoms with van der Waals surface area (Å²) in [5, 5.41) is 9.54. The molecule has 1 aromatic carbocycles. The van der Waals surface area contributed by atoms with Crippen molar-refractivity contribution in [1.29, 1.82) is 0 Å². The molecule has 3 N–H and O–H groups in total. The molecular formula is C13H21NO3. The van der Waals surface area contributed by atoms with E-state index in [9.17, 15) is 5.11 Å². The number of hydrogen-bond donors (Lipinski definition) is 2. The Kier molecular flexibility index (Phi) is 5.10. The number of unbranched alkanes of at least 4 members (excludes halogenated alkanes) is 1. The van der Waals surface area contributed by atoms with Crippen LogP contribution >= 0.6 is 0 Å². The van der Waals surface area contributed by atoms with Crippen LogP contribution in [0.5, 0.6) is 17.2 Å². The fourth-order valence-corrected chi connectivity index (χ4v) is 1.86. The van der Waals surface area contributed by atoms with Crippen molar-refractivity contribution >= 4 is 0 Å². The number of methoxy groups -OCH3 is 2. The molecule has 0 saturated heterocycles. The van der Waals surface area contributed by atoms with Gasteiger partial charge in [-0.3, -0.25) is 0 Å². The second-order valence-corrected chi connectivity index (χ2v) is 4.01. The Balaban J connectivity index is 3.09. The van der Waals surface area contributed by atoms with Crippen LogP contribution in [0, 0.1) is 0 Å². The van der Waals surface area contributed by atoms with Gasteiger partial charge >= 0.3 is 0 Å². The van der Waals surface area contributed by atoms with Crippen LogP contribution in [0.2, 0.25) is 0 Å². The molecule has 0 saturated carbocycles. The lowest BCUT2D eigenvalue weighted by atomic mass is 9.99. The molecule has 1 aromatic rings. The molecule has 0 amide bonds. The maximum Gasteiger partial charge on any atom is 0.131 e. The van der Waals surface area contributed by atoms with Crippen molar-refractivity contribution < 1.29 is 14.6 Å². The van der Waals surface area contributed by atoms with Gasteiger partial charge in [0.25, 0.3) is 0 Å². The molecule has 0 heterocycles. The number of hydrogen-bond acceptors (Lipinski definition) is 4. The summed E-state index contributed by atoms with van der Waals surface area (Å²) in [5.41, 5.74) is 6.96. The summed E-state index contributed by atoms with van der Waals surface area (Å²) in [6.07, 6.45) is 3.01. The van der Waals surface area contributed by atoms with E-state index in [0.29, 0.717) is 11.5 Å². The lowest BCUT2D eigenvalue weighted by Crippen LogP contribution is -2.13. The average molecular weight is 239 g/mol. The summed E-state index contributed by atoms with van der Waals surface area (Å²) in [7, 11) is 3.12. The molecule has 1 atom stereocenters. The molecular weight excluding hydrogens is 218 g/mol. The van der Waals surface area contributed by atoms with Crippen LogP contribution in [0.4, 0.5) is 0 Å². The van der Waals surface area contributed by atoms with Gasteiger partial charge in [0, 0.05) is 18.2 Å². The van der Waals surface area contributed by atoms with Crippen LogP contribution in [-0.2, 0) is 0 Å². The van der Waals surface area contributed by atoms with E-state index in [4.69, 9.17) is 15.2 Å². The summed E-state index contributed by atoms with van der Waals surface area (Å²) >= 11 is 0. The molecule has 0 spiro atoms. The predicted octanol–water partition coefficient (Wildman–Crippen LogP) is 2.60. The minimum Gasteiger partial charge on any atom is -0.508 e. The molecule has 0 aromatic heterocycles. The first-order valence-electron chi connectivity index (χ1n) is 5.84. The van der Waals surface area contributed by atoms with Gasteiger partial charge in [-0.05, 0) is 6.42 Å². The van der Waals surface area contributed by atoms with Crippen LogP contribution < -0.4 is 15.2 Å². The molecule has 0 unspecified atom stereocenters. The van der Waals surface area contributed by atoms with E-state index in [1.807, 2.05) is 0 Å². The molecule has 1 rings (SSSR count). The Morgan fingerprint density at radius 1 is 1.24 bits per heavy atom. The molecule has 4 nitrogen and oxygen atoms in total. The normalized spacial score (nSPS) is 12.2. The lowest BCUT2D eigenvalue weighted by Gasteiger charge is -2.19. The Labute approximate surface area is 102 Å². The number of ether oxygens (including phenoxy) is 2. The van der Waals surface area contributed by atoms with Gasteiger partial charge in [-0.1, -0.05) is 19.8 Å². The highest BCUT2D eigenvalue weighted by Crippen LogP contribution is 2.38. The first-order chi connectivity index (χ1) is 8.13. The number of nitrogens with two attached hydrogens (primary N) is 1. The predicted molar refractivity (Wildman–Crippen MR) is 67.7 cm³/mol. The molecule has 4 heteroatoms. The quantitative estimate of drug-likeness (QED) is 0.801. The summed E-state index contributed by atoms with van der Waals surface area (Å²) in [5.74, 6) is 1.26. The standard InChI is InChI=1S/C13H21NO3/c1-4-5-6-10(14)13-11(16-2)7-9(15)8-12(13)17-3/h7-8,10,15H,4-6,14H2,1-3H3/t10-/m1/s1. The molecule has 0 aliphatic rings. The van der Waals surface area contributed by atoms with Crippen LogP contribution in [0.25, 0.3) is 0 Å². The van der Waals surface area contributed by atoms with Crippen LogP contribution in [0.1, 0.15) is 37.8 Å². The summed E-state index contributed by atoms with van der Waals surface area (Å²) in [4.78, 5) is 0. The second-order valence-electron chi connectivity index (χ2n) is 4.01. The molecule has 17 heavy (non-hydrogen) atoms. The smallest absolute Gasteiger partial charge is 0.131 e. The molecule has 0 aliphatic heterocycles. The number of phenols is 1. The van der Waals surface area contributed by atoms with Gasteiger partial charge < -0.3 is 20.3 Å². The van der Waals surface area contributed by atoms with Crippen molar-refractivity contribution in [2.24, 2.45) is 5.73 Å². The topological polar surface area (TPSA) is 64.7 Å². The van der Waals surface area contributed by atoms with Gasteiger partial charge in [-0.2, -0.15) is 0 Å². The van der Waals surface area contributed by atoms with Gasteiger partial charge in [0.2, 0.25) is 0 Å². The Morgan fingerprint density at radius 2 is 1.76 bits per heavy atom. The maximum atomic E-state index is 9.54. The zero-order chi connectivity index (χ0) is 12.8. The van der Waals surface area contributed by atoms with Gasteiger partial charge in [0.15, 0.2) is 0 Å². The van der Waals surface area contributed by atoms with Gasteiger partial charge in [-0.25, -0.2) is 0 Å². The van der Waals surface area contributed by atoms with Gasteiger partial charge in [0.05, 0.1) is 19.8 Å². The van der Waals surface area contributed by atoms with Crippen molar-refractivity contribution in [3.05, 3.63) is 17.7 Å². The third-order valence-electron chi connectivity index (χ3n) is 2.77. The van der Waals surface area contributed by atoms with E-state index in [2.05, 4.69) is 6.92 Å². The summed E-state index contributed by atoms with van der Waals surface area (Å²) in [6.45, 7) is 2.12. The average Bonchev–Trinajstić information content (AvgIpc) is 2.34. The van der Waals surface area contributed by atoms with Crippen molar-refractivity contribution in [3.63, 3.8) is 0 Å². The molecule has 0 radical (unpaired) electrons. The molecule has 0 fully saturated rings. The molecule has 0 bridgehead atoms. The first kappa shape index (κ1) is 13.6. The van der Waals surface area contributed by atoms with Crippen LogP contribution in [-0.4, -0.2) is 19.3 Å². The minimum atomic E-state index is -0.138. The monoisotopic (exact) mass is 239 g/mol.